The molecule has 1 saturated carbocycles. The van der Waals surface area contributed by atoms with Crippen molar-refractivity contribution >= 4 is 5.91 Å². The predicted molar refractivity (Wildman–Crippen MR) is 76.5 cm³/mol. The summed E-state index contributed by atoms with van der Waals surface area (Å²) in [6, 6.07) is 6.72. The zero-order valence-electron chi connectivity index (χ0n) is 12.0. The molecular weight excluding hydrogens is 238 g/mol. The summed E-state index contributed by atoms with van der Waals surface area (Å²) in [5.41, 5.74) is 2.38. The average molecular weight is 261 g/mol. The Hall–Kier alpha value is -1.51. The van der Waals surface area contributed by atoms with Crippen LogP contribution in [-0.4, -0.2) is 18.6 Å². The predicted octanol–water partition coefficient (Wildman–Crippen LogP) is 3.17. The normalized spacial score (nSPS) is 14.5. The number of carbonyl (C=O) groups excluding carboxylic acids is 1. The molecule has 0 spiro atoms. The fraction of sp³-hybridized carbons (Fsp3) is 0.562. The van der Waals surface area contributed by atoms with Crippen LogP contribution >= 0.6 is 0 Å². The molecule has 0 atom stereocenters. The Bertz CT molecular complexity index is 450. The summed E-state index contributed by atoms with van der Waals surface area (Å²) in [4.78, 5) is 11.6. The fourth-order valence-electron chi connectivity index (χ4n) is 1.91. The van der Waals surface area contributed by atoms with Gasteiger partial charge in [0.15, 0.2) is 0 Å². The third kappa shape index (κ3) is 4.27. The SMILES string of the molecule is Cc1ccc(C(C)C)cc1OCCC(=O)NC1CC1. The van der Waals surface area contributed by atoms with Gasteiger partial charge in [0.2, 0.25) is 5.91 Å². The van der Waals surface area contributed by atoms with Crippen molar-refractivity contribution < 1.29 is 9.53 Å². The van der Waals surface area contributed by atoms with Crippen LogP contribution in [0, 0.1) is 6.92 Å². The molecule has 104 valence electrons. The summed E-state index contributed by atoms with van der Waals surface area (Å²) in [6.45, 7) is 6.81. The molecule has 0 aromatic heterocycles. The van der Waals surface area contributed by atoms with Crippen LogP contribution < -0.4 is 10.1 Å². The van der Waals surface area contributed by atoms with Gasteiger partial charge in [0.05, 0.1) is 13.0 Å². The second-order valence-electron chi connectivity index (χ2n) is 5.62. The van der Waals surface area contributed by atoms with Crippen LogP contribution in [0.5, 0.6) is 5.75 Å². The molecule has 3 heteroatoms. The van der Waals surface area contributed by atoms with Crippen LogP contribution in [0.1, 0.15) is 50.2 Å². The Morgan fingerprint density at radius 2 is 2.16 bits per heavy atom. The molecule has 0 radical (unpaired) electrons. The zero-order chi connectivity index (χ0) is 13.8. The Morgan fingerprint density at radius 3 is 2.79 bits per heavy atom. The molecule has 1 N–H and O–H groups in total. The van der Waals surface area contributed by atoms with Crippen molar-refractivity contribution in [1.29, 1.82) is 0 Å². The standard InChI is InChI=1S/C16H23NO2/c1-11(2)13-5-4-12(3)15(10-13)19-9-8-16(18)17-14-6-7-14/h4-5,10-11,14H,6-9H2,1-3H3,(H,17,18). The highest BCUT2D eigenvalue weighted by molar-refractivity contribution is 5.76. The van der Waals surface area contributed by atoms with Crippen molar-refractivity contribution in [2.45, 2.75) is 52.0 Å². The summed E-state index contributed by atoms with van der Waals surface area (Å²) in [6.07, 6.45) is 2.69. The van der Waals surface area contributed by atoms with Crippen molar-refractivity contribution in [3.8, 4) is 5.75 Å². The van der Waals surface area contributed by atoms with E-state index in [0.29, 0.717) is 25.0 Å². The Labute approximate surface area is 115 Å². The van der Waals surface area contributed by atoms with Crippen LogP contribution in [0.2, 0.25) is 0 Å². The van der Waals surface area contributed by atoms with E-state index in [1.165, 1.54) is 5.56 Å². The molecule has 1 aliphatic rings. The van der Waals surface area contributed by atoms with Gasteiger partial charge in [-0.2, -0.15) is 0 Å². The van der Waals surface area contributed by atoms with Gasteiger partial charge in [-0.15, -0.1) is 0 Å². The van der Waals surface area contributed by atoms with E-state index >= 15 is 0 Å². The number of aryl methyl sites for hydroxylation is 1. The zero-order valence-corrected chi connectivity index (χ0v) is 12.0. The summed E-state index contributed by atoms with van der Waals surface area (Å²) < 4.78 is 5.74. The molecule has 1 aromatic carbocycles. The van der Waals surface area contributed by atoms with Crippen molar-refractivity contribution in [3.63, 3.8) is 0 Å². The minimum atomic E-state index is 0.0974. The Morgan fingerprint density at radius 1 is 1.42 bits per heavy atom. The molecule has 1 amide bonds. The van der Waals surface area contributed by atoms with Gasteiger partial charge in [-0.1, -0.05) is 26.0 Å². The van der Waals surface area contributed by atoms with Crippen molar-refractivity contribution in [3.05, 3.63) is 29.3 Å². The van der Waals surface area contributed by atoms with E-state index in [1.54, 1.807) is 0 Å². The topological polar surface area (TPSA) is 38.3 Å². The maximum atomic E-state index is 11.6. The quantitative estimate of drug-likeness (QED) is 0.854. The highest BCUT2D eigenvalue weighted by Crippen LogP contribution is 2.24. The van der Waals surface area contributed by atoms with E-state index in [9.17, 15) is 4.79 Å². The van der Waals surface area contributed by atoms with E-state index in [1.807, 2.05) is 6.92 Å². The Balaban J connectivity index is 1.83. The molecular formula is C16H23NO2. The van der Waals surface area contributed by atoms with Gasteiger partial charge in [-0.05, 0) is 42.9 Å². The largest absolute Gasteiger partial charge is 0.493 e. The van der Waals surface area contributed by atoms with Crippen LogP contribution in [0.4, 0.5) is 0 Å². The van der Waals surface area contributed by atoms with Crippen molar-refractivity contribution in [2.75, 3.05) is 6.61 Å². The number of ether oxygens (including phenoxy) is 1. The smallest absolute Gasteiger partial charge is 0.223 e. The maximum Gasteiger partial charge on any atom is 0.223 e. The van der Waals surface area contributed by atoms with Gasteiger partial charge in [-0.25, -0.2) is 0 Å². The average Bonchev–Trinajstić information content (AvgIpc) is 3.15. The third-order valence-corrected chi connectivity index (χ3v) is 3.41. The third-order valence-electron chi connectivity index (χ3n) is 3.41. The molecule has 0 unspecified atom stereocenters. The summed E-state index contributed by atoms with van der Waals surface area (Å²) >= 11 is 0. The summed E-state index contributed by atoms with van der Waals surface area (Å²) in [5.74, 6) is 1.48. The molecule has 19 heavy (non-hydrogen) atoms. The van der Waals surface area contributed by atoms with Gasteiger partial charge in [-0.3, -0.25) is 4.79 Å². The fourth-order valence-corrected chi connectivity index (χ4v) is 1.91. The molecule has 1 fully saturated rings. The van der Waals surface area contributed by atoms with Gasteiger partial charge >= 0.3 is 0 Å². The molecule has 3 nitrogen and oxygen atoms in total. The molecule has 1 aromatic rings. The molecule has 2 rings (SSSR count). The molecule has 0 bridgehead atoms. The van der Waals surface area contributed by atoms with E-state index in [4.69, 9.17) is 4.74 Å². The first-order valence-electron chi connectivity index (χ1n) is 7.09. The maximum absolute atomic E-state index is 11.6. The summed E-state index contributed by atoms with van der Waals surface area (Å²) in [5, 5.41) is 2.97. The van der Waals surface area contributed by atoms with Crippen LogP contribution in [-0.2, 0) is 4.79 Å². The van der Waals surface area contributed by atoms with E-state index in [2.05, 4.69) is 37.4 Å². The highest BCUT2D eigenvalue weighted by atomic mass is 16.5. The highest BCUT2D eigenvalue weighted by Gasteiger charge is 2.22. The first kappa shape index (κ1) is 13.9. The molecule has 0 heterocycles. The lowest BCUT2D eigenvalue weighted by Crippen LogP contribution is -2.26. The number of hydrogen-bond donors (Lipinski definition) is 1. The number of carbonyl (C=O) groups is 1. The number of nitrogens with one attached hydrogen (secondary N) is 1. The van der Waals surface area contributed by atoms with Crippen LogP contribution in [0.15, 0.2) is 18.2 Å². The van der Waals surface area contributed by atoms with E-state index in [0.717, 1.165) is 24.2 Å². The van der Waals surface area contributed by atoms with Gasteiger partial charge < -0.3 is 10.1 Å². The first-order chi connectivity index (χ1) is 9.06. The van der Waals surface area contributed by atoms with Gasteiger partial charge in [0, 0.05) is 6.04 Å². The monoisotopic (exact) mass is 261 g/mol. The number of benzene rings is 1. The molecule has 1 aliphatic carbocycles. The lowest BCUT2D eigenvalue weighted by molar-refractivity contribution is -0.121. The van der Waals surface area contributed by atoms with Crippen LogP contribution in [0.25, 0.3) is 0 Å². The first-order valence-corrected chi connectivity index (χ1v) is 7.09. The van der Waals surface area contributed by atoms with Gasteiger partial charge in [0.1, 0.15) is 5.75 Å². The van der Waals surface area contributed by atoms with E-state index in [-0.39, 0.29) is 5.91 Å². The lowest BCUT2D eigenvalue weighted by atomic mass is 10.0. The second kappa shape index (κ2) is 6.09. The molecule has 0 saturated heterocycles. The van der Waals surface area contributed by atoms with Crippen molar-refractivity contribution in [2.24, 2.45) is 0 Å². The molecule has 0 aliphatic heterocycles. The number of rotatable bonds is 6. The Kier molecular flexibility index (Phi) is 4.46. The van der Waals surface area contributed by atoms with E-state index < -0.39 is 0 Å². The van der Waals surface area contributed by atoms with Crippen LogP contribution in [0.3, 0.4) is 0 Å². The minimum absolute atomic E-state index is 0.0974. The summed E-state index contributed by atoms with van der Waals surface area (Å²) in [7, 11) is 0. The van der Waals surface area contributed by atoms with Crippen molar-refractivity contribution in [1.82, 2.24) is 5.32 Å². The second-order valence-corrected chi connectivity index (χ2v) is 5.62. The number of hydrogen-bond acceptors (Lipinski definition) is 2. The number of amides is 1. The van der Waals surface area contributed by atoms with Gasteiger partial charge in [0.25, 0.3) is 0 Å². The lowest BCUT2D eigenvalue weighted by Gasteiger charge is -2.12. The minimum Gasteiger partial charge on any atom is -0.493 e.